The fourth-order valence-corrected chi connectivity index (χ4v) is 1.77. The number of hydrogen-bond donors (Lipinski definition) is 2. The summed E-state index contributed by atoms with van der Waals surface area (Å²) in [7, 11) is 0. The summed E-state index contributed by atoms with van der Waals surface area (Å²) in [6.07, 6.45) is 3.19. The molecular formula is C15H25N3O. The van der Waals surface area contributed by atoms with Gasteiger partial charge in [-0.05, 0) is 38.8 Å². The first-order chi connectivity index (χ1) is 8.92. The third kappa shape index (κ3) is 6.34. The van der Waals surface area contributed by atoms with Crippen molar-refractivity contribution in [2.24, 2.45) is 0 Å². The van der Waals surface area contributed by atoms with Gasteiger partial charge < -0.3 is 10.6 Å². The van der Waals surface area contributed by atoms with E-state index in [2.05, 4.69) is 49.4 Å². The van der Waals surface area contributed by atoms with E-state index in [0.717, 1.165) is 12.1 Å². The molecule has 0 fully saturated rings. The Bertz CT molecular complexity index is 410. The molecule has 106 valence electrons. The van der Waals surface area contributed by atoms with Crippen LogP contribution in [0.3, 0.4) is 0 Å². The summed E-state index contributed by atoms with van der Waals surface area (Å²) < 4.78 is 0. The highest BCUT2D eigenvalue weighted by Crippen LogP contribution is 2.05. The molecule has 1 aromatic heterocycles. The van der Waals surface area contributed by atoms with Gasteiger partial charge in [0.2, 0.25) is 5.91 Å². The number of amides is 1. The Hall–Kier alpha value is -1.42. The van der Waals surface area contributed by atoms with Gasteiger partial charge >= 0.3 is 0 Å². The number of rotatable bonds is 6. The molecule has 0 saturated heterocycles. The van der Waals surface area contributed by atoms with Crippen LogP contribution in [0.5, 0.6) is 0 Å². The fraction of sp³-hybridized carbons (Fsp3) is 0.600. The van der Waals surface area contributed by atoms with Gasteiger partial charge in [-0.3, -0.25) is 9.78 Å². The van der Waals surface area contributed by atoms with Crippen molar-refractivity contribution in [2.45, 2.75) is 52.6 Å². The van der Waals surface area contributed by atoms with Gasteiger partial charge in [-0.1, -0.05) is 13.0 Å². The van der Waals surface area contributed by atoms with Crippen molar-refractivity contribution in [2.75, 3.05) is 6.54 Å². The van der Waals surface area contributed by atoms with Gasteiger partial charge in [0.25, 0.3) is 0 Å². The standard InChI is InChI=1S/C15H25N3O/c1-5-12-7-6-9-16-13(12)11-17-14(19)8-10-18-15(2,3)4/h6-7,9,18H,5,8,10-11H2,1-4H3,(H,17,19). The quantitative estimate of drug-likeness (QED) is 0.826. The molecule has 0 unspecified atom stereocenters. The van der Waals surface area contributed by atoms with Crippen molar-refractivity contribution >= 4 is 5.91 Å². The third-order valence-electron chi connectivity index (χ3n) is 2.83. The van der Waals surface area contributed by atoms with Crippen LogP contribution in [0.4, 0.5) is 0 Å². The minimum absolute atomic E-state index is 0.0522. The number of aromatic nitrogens is 1. The van der Waals surface area contributed by atoms with Gasteiger partial charge in [-0.25, -0.2) is 0 Å². The normalized spacial score (nSPS) is 11.4. The molecule has 1 heterocycles. The Balaban J connectivity index is 2.34. The predicted molar refractivity (Wildman–Crippen MR) is 77.8 cm³/mol. The van der Waals surface area contributed by atoms with Crippen molar-refractivity contribution in [3.05, 3.63) is 29.6 Å². The molecular weight excluding hydrogens is 238 g/mol. The van der Waals surface area contributed by atoms with Crippen LogP contribution >= 0.6 is 0 Å². The van der Waals surface area contributed by atoms with Crippen LogP contribution in [0.25, 0.3) is 0 Å². The second-order valence-electron chi connectivity index (χ2n) is 5.67. The first-order valence-corrected chi connectivity index (χ1v) is 6.87. The van der Waals surface area contributed by atoms with Crippen LogP contribution in [0.2, 0.25) is 0 Å². The summed E-state index contributed by atoms with van der Waals surface area (Å²) in [5.74, 6) is 0.0597. The summed E-state index contributed by atoms with van der Waals surface area (Å²) in [6, 6.07) is 3.98. The zero-order valence-electron chi connectivity index (χ0n) is 12.4. The lowest BCUT2D eigenvalue weighted by Crippen LogP contribution is -2.38. The number of pyridine rings is 1. The molecule has 0 aliphatic rings. The lowest BCUT2D eigenvalue weighted by molar-refractivity contribution is -0.121. The Kier molecular flexibility index (Phi) is 5.96. The van der Waals surface area contributed by atoms with E-state index in [9.17, 15) is 4.79 Å². The first kappa shape index (κ1) is 15.6. The van der Waals surface area contributed by atoms with Crippen LogP contribution in [0, 0.1) is 0 Å². The highest BCUT2D eigenvalue weighted by atomic mass is 16.1. The van der Waals surface area contributed by atoms with Crippen molar-refractivity contribution < 1.29 is 4.79 Å². The lowest BCUT2D eigenvalue weighted by atomic mass is 10.1. The van der Waals surface area contributed by atoms with E-state index >= 15 is 0 Å². The smallest absolute Gasteiger partial charge is 0.221 e. The first-order valence-electron chi connectivity index (χ1n) is 6.87. The number of nitrogens with one attached hydrogen (secondary N) is 2. The molecule has 4 heteroatoms. The third-order valence-corrected chi connectivity index (χ3v) is 2.83. The molecule has 1 rings (SSSR count). The van der Waals surface area contributed by atoms with E-state index in [0.29, 0.717) is 19.5 Å². The van der Waals surface area contributed by atoms with E-state index in [-0.39, 0.29) is 11.4 Å². The molecule has 4 nitrogen and oxygen atoms in total. The number of hydrogen-bond acceptors (Lipinski definition) is 3. The van der Waals surface area contributed by atoms with Crippen molar-refractivity contribution in [1.29, 1.82) is 0 Å². The zero-order valence-corrected chi connectivity index (χ0v) is 12.4. The van der Waals surface area contributed by atoms with Crippen molar-refractivity contribution in [3.8, 4) is 0 Å². The molecule has 1 amide bonds. The van der Waals surface area contributed by atoms with Gasteiger partial charge in [0.15, 0.2) is 0 Å². The van der Waals surface area contributed by atoms with Crippen LogP contribution < -0.4 is 10.6 Å². The van der Waals surface area contributed by atoms with Gasteiger partial charge in [-0.15, -0.1) is 0 Å². The lowest BCUT2D eigenvalue weighted by Gasteiger charge is -2.20. The topological polar surface area (TPSA) is 54.0 Å². The number of nitrogens with zero attached hydrogens (tertiary/aromatic N) is 1. The Labute approximate surface area is 116 Å². The van der Waals surface area contributed by atoms with Crippen molar-refractivity contribution in [1.82, 2.24) is 15.6 Å². The molecule has 0 atom stereocenters. The van der Waals surface area contributed by atoms with Gasteiger partial charge in [0, 0.05) is 24.7 Å². The maximum absolute atomic E-state index is 11.7. The molecule has 0 spiro atoms. The average Bonchev–Trinajstić information content (AvgIpc) is 2.35. The van der Waals surface area contributed by atoms with E-state index in [4.69, 9.17) is 0 Å². The maximum Gasteiger partial charge on any atom is 0.221 e. The highest BCUT2D eigenvalue weighted by molar-refractivity contribution is 5.76. The Morgan fingerprint density at radius 3 is 2.74 bits per heavy atom. The SMILES string of the molecule is CCc1cccnc1CNC(=O)CCNC(C)(C)C. The second kappa shape index (κ2) is 7.24. The molecule has 19 heavy (non-hydrogen) atoms. The maximum atomic E-state index is 11.7. The highest BCUT2D eigenvalue weighted by Gasteiger charge is 2.10. The summed E-state index contributed by atoms with van der Waals surface area (Å²) in [4.78, 5) is 16.0. The Morgan fingerprint density at radius 1 is 1.37 bits per heavy atom. The number of carbonyl (C=O) groups is 1. The number of carbonyl (C=O) groups excluding carboxylic acids is 1. The van der Waals surface area contributed by atoms with Crippen LogP contribution in [0.1, 0.15) is 45.4 Å². The second-order valence-corrected chi connectivity index (χ2v) is 5.67. The molecule has 0 radical (unpaired) electrons. The van der Waals surface area contributed by atoms with Crippen molar-refractivity contribution in [3.63, 3.8) is 0 Å². The van der Waals surface area contributed by atoms with Gasteiger partial charge in [0.1, 0.15) is 0 Å². The van der Waals surface area contributed by atoms with E-state index in [1.54, 1.807) is 6.20 Å². The molecule has 0 saturated carbocycles. The van der Waals surface area contributed by atoms with E-state index < -0.39 is 0 Å². The molecule has 1 aromatic rings. The predicted octanol–water partition coefficient (Wildman–Crippen LogP) is 2.04. The average molecular weight is 263 g/mol. The molecule has 0 bridgehead atoms. The molecule has 0 aliphatic heterocycles. The van der Waals surface area contributed by atoms with Gasteiger partial charge in [-0.2, -0.15) is 0 Å². The van der Waals surface area contributed by atoms with Crippen LogP contribution in [0.15, 0.2) is 18.3 Å². The van der Waals surface area contributed by atoms with Crippen LogP contribution in [-0.4, -0.2) is 23.0 Å². The van der Waals surface area contributed by atoms with Crippen LogP contribution in [-0.2, 0) is 17.8 Å². The summed E-state index contributed by atoms with van der Waals surface area (Å²) >= 11 is 0. The molecule has 0 aromatic carbocycles. The minimum atomic E-state index is 0.0522. The van der Waals surface area contributed by atoms with E-state index in [1.807, 2.05) is 6.07 Å². The minimum Gasteiger partial charge on any atom is -0.350 e. The summed E-state index contributed by atoms with van der Waals surface area (Å²) in [5, 5.41) is 6.22. The summed E-state index contributed by atoms with van der Waals surface area (Å²) in [6.45, 7) is 9.57. The molecule has 0 aliphatic carbocycles. The zero-order chi connectivity index (χ0) is 14.3. The number of aryl methyl sites for hydroxylation is 1. The molecule has 2 N–H and O–H groups in total. The summed E-state index contributed by atoms with van der Waals surface area (Å²) in [5.41, 5.74) is 2.20. The Morgan fingerprint density at radius 2 is 2.11 bits per heavy atom. The monoisotopic (exact) mass is 263 g/mol. The fourth-order valence-electron chi connectivity index (χ4n) is 1.77. The largest absolute Gasteiger partial charge is 0.350 e. The van der Waals surface area contributed by atoms with E-state index in [1.165, 1.54) is 5.56 Å². The van der Waals surface area contributed by atoms with Gasteiger partial charge in [0.05, 0.1) is 12.2 Å².